The SMILES string of the molecule is NCC1CCCC1NC(=O)CN1CCN(c2ccccn2)CC1. The van der Waals surface area contributed by atoms with Gasteiger partial charge < -0.3 is 16.0 Å². The van der Waals surface area contributed by atoms with Crippen molar-refractivity contribution in [2.75, 3.05) is 44.2 Å². The van der Waals surface area contributed by atoms with Crippen molar-refractivity contribution in [3.63, 3.8) is 0 Å². The van der Waals surface area contributed by atoms with Gasteiger partial charge in [0.25, 0.3) is 0 Å². The molecule has 2 heterocycles. The molecule has 0 radical (unpaired) electrons. The number of aromatic nitrogens is 1. The van der Waals surface area contributed by atoms with Gasteiger partial charge in [0.1, 0.15) is 5.82 Å². The van der Waals surface area contributed by atoms with Crippen molar-refractivity contribution in [3.05, 3.63) is 24.4 Å². The zero-order valence-electron chi connectivity index (χ0n) is 13.7. The number of piperazine rings is 1. The number of hydrogen-bond donors (Lipinski definition) is 2. The van der Waals surface area contributed by atoms with Crippen molar-refractivity contribution in [1.29, 1.82) is 0 Å². The van der Waals surface area contributed by atoms with Gasteiger partial charge in [-0.05, 0) is 37.4 Å². The molecule has 2 fully saturated rings. The van der Waals surface area contributed by atoms with E-state index in [-0.39, 0.29) is 11.9 Å². The van der Waals surface area contributed by atoms with Crippen molar-refractivity contribution < 1.29 is 4.79 Å². The van der Waals surface area contributed by atoms with Crippen LogP contribution in [0.3, 0.4) is 0 Å². The summed E-state index contributed by atoms with van der Waals surface area (Å²) in [6, 6.07) is 6.26. The van der Waals surface area contributed by atoms with E-state index in [0.29, 0.717) is 19.0 Å². The van der Waals surface area contributed by atoms with E-state index in [4.69, 9.17) is 5.73 Å². The van der Waals surface area contributed by atoms with Crippen LogP contribution < -0.4 is 16.0 Å². The number of rotatable bonds is 5. The number of hydrogen-bond acceptors (Lipinski definition) is 5. The average Bonchev–Trinajstić information content (AvgIpc) is 3.03. The van der Waals surface area contributed by atoms with E-state index < -0.39 is 0 Å². The number of nitrogens with zero attached hydrogens (tertiary/aromatic N) is 3. The van der Waals surface area contributed by atoms with E-state index in [0.717, 1.165) is 44.8 Å². The molecule has 1 saturated heterocycles. The highest BCUT2D eigenvalue weighted by atomic mass is 16.2. The van der Waals surface area contributed by atoms with Gasteiger partial charge in [-0.15, -0.1) is 0 Å². The maximum atomic E-state index is 12.3. The maximum absolute atomic E-state index is 12.3. The fourth-order valence-electron chi connectivity index (χ4n) is 3.64. The van der Waals surface area contributed by atoms with Crippen LogP contribution in [0.25, 0.3) is 0 Å². The Labute approximate surface area is 138 Å². The summed E-state index contributed by atoms with van der Waals surface area (Å²) in [6.07, 6.45) is 5.21. The summed E-state index contributed by atoms with van der Waals surface area (Å²) in [5.41, 5.74) is 5.78. The Morgan fingerprint density at radius 1 is 1.26 bits per heavy atom. The van der Waals surface area contributed by atoms with E-state index in [1.54, 1.807) is 0 Å². The molecular formula is C17H27N5O. The Morgan fingerprint density at radius 2 is 2.09 bits per heavy atom. The first-order valence-electron chi connectivity index (χ1n) is 8.64. The second kappa shape index (κ2) is 7.75. The Kier molecular flexibility index (Phi) is 5.46. The smallest absolute Gasteiger partial charge is 0.234 e. The van der Waals surface area contributed by atoms with E-state index in [1.807, 2.05) is 24.4 Å². The predicted molar refractivity (Wildman–Crippen MR) is 91.2 cm³/mol. The van der Waals surface area contributed by atoms with E-state index in [2.05, 4.69) is 20.1 Å². The van der Waals surface area contributed by atoms with Crippen molar-refractivity contribution in [2.45, 2.75) is 25.3 Å². The number of nitrogens with two attached hydrogens (primary N) is 1. The first-order valence-corrected chi connectivity index (χ1v) is 8.64. The molecule has 2 atom stereocenters. The summed E-state index contributed by atoms with van der Waals surface area (Å²) in [7, 11) is 0. The Morgan fingerprint density at radius 3 is 2.78 bits per heavy atom. The summed E-state index contributed by atoms with van der Waals surface area (Å²) >= 11 is 0. The molecule has 0 spiro atoms. The molecule has 1 saturated carbocycles. The largest absolute Gasteiger partial charge is 0.354 e. The van der Waals surface area contributed by atoms with Crippen LogP contribution in [0.4, 0.5) is 5.82 Å². The fourth-order valence-corrected chi connectivity index (χ4v) is 3.64. The minimum absolute atomic E-state index is 0.140. The lowest BCUT2D eigenvalue weighted by molar-refractivity contribution is -0.123. The van der Waals surface area contributed by atoms with Gasteiger partial charge in [0.15, 0.2) is 0 Å². The molecule has 3 N–H and O–H groups in total. The number of nitrogens with one attached hydrogen (secondary N) is 1. The van der Waals surface area contributed by atoms with Gasteiger partial charge >= 0.3 is 0 Å². The number of carbonyl (C=O) groups excluding carboxylic acids is 1. The Bertz CT molecular complexity index is 501. The lowest BCUT2D eigenvalue weighted by atomic mass is 10.0. The molecule has 1 amide bonds. The quantitative estimate of drug-likeness (QED) is 0.825. The lowest BCUT2D eigenvalue weighted by Gasteiger charge is -2.35. The van der Waals surface area contributed by atoms with Gasteiger partial charge in [0.05, 0.1) is 6.54 Å². The zero-order valence-corrected chi connectivity index (χ0v) is 13.7. The molecule has 1 aromatic heterocycles. The van der Waals surface area contributed by atoms with Gasteiger partial charge in [0.2, 0.25) is 5.91 Å². The third-order valence-corrected chi connectivity index (χ3v) is 5.02. The van der Waals surface area contributed by atoms with Crippen LogP contribution >= 0.6 is 0 Å². The Hall–Kier alpha value is -1.66. The Balaban J connectivity index is 1.42. The third kappa shape index (κ3) is 4.20. The van der Waals surface area contributed by atoms with E-state index in [1.165, 1.54) is 6.42 Å². The highest BCUT2D eigenvalue weighted by molar-refractivity contribution is 5.78. The summed E-state index contributed by atoms with van der Waals surface area (Å²) in [5.74, 6) is 1.62. The zero-order chi connectivity index (χ0) is 16.1. The molecular weight excluding hydrogens is 290 g/mol. The molecule has 2 aliphatic rings. The number of anilines is 1. The van der Waals surface area contributed by atoms with Crippen LogP contribution in [0.1, 0.15) is 19.3 Å². The van der Waals surface area contributed by atoms with E-state index >= 15 is 0 Å². The van der Waals surface area contributed by atoms with Gasteiger partial charge in [0, 0.05) is 38.4 Å². The average molecular weight is 317 g/mol. The van der Waals surface area contributed by atoms with Crippen molar-refractivity contribution in [1.82, 2.24) is 15.2 Å². The van der Waals surface area contributed by atoms with Gasteiger partial charge in [-0.25, -0.2) is 4.98 Å². The minimum atomic E-state index is 0.140. The summed E-state index contributed by atoms with van der Waals surface area (Å²) in [5, 5.41) is 3.18. The molecule has 6 heteroatoms. The summed E-state index contributed by atoms with van der Waals surface area (Å²) < 4.78 is 0. The molecule has 126 valence electrons. The van der Waals surface area contributed by atoms with E-state index in [9.17, 15) is 4.79 Å². The molecule has 6 nitrogen and oxygen atoms in total. The molecule has 0 bridgehead atoms. The summed E-state index contributed by atoms with van der Waals surface area (Å²) in [6.45, 7) is 4.79. The highest BCUT2D eigenvalue weighted by Crippen LogP contribution is 2.24. The topological polar surface area (TPSA) is 74.5 Å². The van der Waals surface area contributed by atoms with Crippen LogP contribution in [0.2, 0.25) is 0 Å². The number of amides is 1. The van der Waals surface area contributed by atoms with Gasteiger partial charge in [-0.1, -0.05) is 12.5 Å². The lowest BCUT2D eigenvalue weighted by Crippen LogP contribution is -2.51. The maximum Gasteiger partial charge on any atom is 0.234 e. The second-order valence-corrected chi connectivity index (χ2v) is 6.55. The molecule has 1 aromatic rings. The van der Waals surface area contributed by atoms with Crippen LogP contribution in [-0.4, -0.2) is 61.1 Å². The van der Waals surface area contributed by atoms with Crippen molar-refractivity contribution in [2.24, 2.45) is 11.7 Å². The minimum Gasteiger partial charge on any atom is -0.354 e. The summed E-state index contributed by atoms with van der Waals surface area (Å²) in [4.78, 5) is 21.1. The second-order valence-electron chi connectivity index (χ2n) is 6.55. The first kappa shape index (κ1) is 16.2. The van der Waals surface area contributed by atoms with Gasteiger partial charge in [-0.3, -0.25) is 9.69 Å². The molecule has 2 unspecified atom stereocenters. The number of carbonyl (C=O) groups is 1. The molecule has 1 aliphatic heterocycles. The molecule has 1 aliphatic carbocycles. The van der Waals surface area contributed by atoms with Crippen LogP contribution in [0.15, 0.2) is 24.4 Å². The fraction of sp³-hybridized carbons (Fsp3) is 0.647. The monoisotopic (exact) mass is 317 g/mol. The normalized spacial score (nSPS) is 25.5. The molecule has 0 aromatic carbocycles. The number of pyridine rings is 1. The molecule has 23 heavy (non-hydrogen) atoms. The van der Waals surface area contributed by atoms with Crippen LogP contribution in [-0.2, 0) is 4.79 Å². The third-order valence-electron chi connectivity index (χ3n) is 5.02. The highest BCUT2D eigenvalue weighted by Gasteiger charge is 2.28. The van der Waals surface area contributed by atoms with Crippen LogP contribution in [0, 0.1) is 5.92 Å². The predicted octanol–water partition coefficient (Wildman–Crippen LogP) is 0.447. The van der Waals surface area contributed by atoms with Crippen molar-refractivity contribution >= 4 is 11.7 Å². The van der Waals surface area contributed by atoms with Gasteiger partial charge in [-0.2, -0.15) is 0 Å². The van der Waals surface area contributed by atoms with Crippen molar-refractivity contribution in [3.8, 4) is 0 Å². The standard InChI is InChI=1S/C17H27N5O/c18-12-14-4-3-5-15(14)20-17(23)13-21-8-10-22(11-9-21)16-6-1-2-7-19-16/h1-2,6-7,14-15H,3-5,8-13,18H2,(H,20,23). The van der Waals surface area contributed by atoms with Crippen LogP contribution in [0.5, 0.6) is 0 Å². The molecule has 3 rings (SSSR count). The first-order chi connectivity index (χ1) is 11.3.